The molecule has 1 aliphatic rings. The van der Waals surface area contributed by atoms with Gasteiger partial charge >= 0.3 is 12.3 Å². The first kappa shape index (κ1) is 25.6. The molecular formula is C19H13F5N4O6S. The third-order valence-corrected chi connectivity index (χ3v) is 6.11. The summed E-state index contributed by atoms with van der Waals surface area (Å²) in [5.41, 5.74) is -2.26. The zero-order valence-corrected chi connectivity index (χ0v) is 17.9. The van der Waals surface area contributed by atoms with Crippen molar-refractivity contribution in [1.82, 2.24) is 9.71 Å². The molecule has 3 rings (SSSR count). The van der Waals surface area contributed by atoms with E-state index in [1.807, 2.05) is 0 Å². The van der Waals surface area contributed by atoms with Crippen molar-refractivity contribution in [2.75, 3.05) is 18.0 Å². The Morgan fingerprint density at radius 3 is 2.31 bits per heavy atom. The van der Waals surface area contributed by atoms with Crippen molar-refractivity contribution in [2.45, 2.75) is 17.7 Å². The van der Waals surface area contributed by atoms with Gasteiger partial charge in [0.15, 0.2) is 0 Å². The van der Waals surface area contributed by atoms with Gasteiger partial charge in [0.25, 0.3) is 16.4 Å². The number of ether oxygens (including phenoxy) is 1. The second-order valence-corrected chi connectivity index (χ2v) is 8.78. The highest BCUT2D eigenvalue weighted by Gasteiger charge is 2.38. The summed E-state index contributed by atoms with van der Waals surface area (Å²) in [6.07, 6.45) is -8.24. The Labute approximate surface area is 193 Å². The van der Waals surface area contributed by atoms with E-state index in [1.54, 1.807) is 10.8 Å². The van der Waals surface area contributed by atoms with Crippen molar-refractivity contribution in [3.63, 3.8) is 0 Å². The van der Waals surface area contributed by atoms with E-state index < -0.39 is 62.5 Å². The van der Waals surface area contributed by atoms with Gasteiger partial charge < -0.3 is 14.7 Å². The second kappa shape index (κ2) is 9.33. The molecule has 0 aliphatic carbocycles. The molecule has 1 saturated heterocycles. The van der Waals surface area contributed by atoms with E-state index in [1.165, 1.54) is 4.90 Å². The van der Waals surface area contributed by atoms with Gasteiger partial charge in [-0.15, -0.1) is 13.2 Å². The Balaban J connectivity index is 1.70. The molecule has 10 nitrogen and oxygen atoms in total. The molecular weight excluding hydrogens is 507 g/mol. The molecule has 35 heavy (non-hydrogen) atoms. The lowest BCUT2D eigenvalue weighted by molar-refractivity contribution is -0.274. The highest BCUT2D eigenvalue weighted by molar-refractivity contribution is 7.90. The molecule has 0 bridgehead atoms. The molecule has 0 saturated carbocycles. The van der Waals surface area contributed by atoms with E-state index in [2.05, 4.69) is 9.72 Å². The van der Waals surface area contributed by atoms with Gasteiger partial charge in [0.05, 0.1) is 21.9 Å². The number of aromatic carboxylic acids is 1. The zero-order chi connectivity index (χ0) is 26.1. The third-order valence-electron chi connectivity index (χ3n) is 4.74. The highest BCUT2D eigenvalue weighted by Crippen LogP contribution is 2.31. The lowest BCUT2D eigenvalue weighted by Crippen LogP contribution is -2.55. The van der Waals surface area contributed by atoms with Gasteiger partial charge in [-0.3, -0.25) is 4.79 Å². The maximum absolute atomic E-state index is 13.2. The Hall–Kier alpha value is -4.00. The van der Waals surface area contributed by atoms with Crippen LogP contribution >= 0.6 is 0 Å². The fourth-order valence-corrected chi connectivity index (χ4v) is 4.13. The van der Waals surface area contributed by atoms with E-state index in [4.69, 9.17) is 5.11 Å². The van der Waals surface area contributed by atoms with Gasteiger partial charge in [-0.2, -0.15) is 5.26 Å². The second-order valence-electron chi connectivity index (χ2n) is 7.10. The zero-order valence-electron chi connectivity index (χ0n) is 17.1. The minimum absolute atomic E-state index is 0.226. The number of nitriles is 1. The van der Waals surface area contributed by atoms with Gasteiger partial charge in [-0.25, -0.2) is 31.7 Å². The molecule has 2 heterocycles. The Kier molecular flexibility index (Phi) is 6.83. The van der Waals surface area contributed by atoms with Crippen molar-refractivity contribution < 1.29 is 49.8 Å². The van der Waals surface area contributed by atoms with Gasteiger partial charge in [0.2, 0.25) is 5.91 Å². The number of benzene rings is 1. The summed E-state index contributed by atoms with van der Waals surface area (Å²) < 4.78 is 93.2. The van der Waals surface area contributed by atoms with Crippen LogP contribution in [0.3, 0.4) is 0 Å². The molecule has 2 N–H and O–H groups in total. The quantitative estimate of drug-likeness (QED) is 0.525. The number of aromatic nitrogens is 1. The fourth-order valence-electron chi connectivity index (χ4n) is 3.09. The number of carbonyl (C=O) groups is 2. The summed E-state index contributed by atoms with van der Waals surface area (Å²) in [5.74, 6) is -4.64. The van der Waals surface area contributed by atoms with Gasteiger partial charge in [0, 0.05) is 13.1 Å². The molecule has 0 unspecified atom stereocenters. The number of anilines is 1. The molecule has 1 aliphatic heterocycles. The number of alkyl halides is 5. The fraction of sp³-hybridized carbons (Fsp3) is 0.263. The number of nitrogens with one attached hydrogen (secondary N) is 1. The number of carbonyl (C=O) groups excluding carboxylic acids is 1. The first-order chi connectivity index (χ1) is 16.2. The lowest BCUT2D eigenvalue weighted by Gasteiger charge is -2.39. The summed E-state index contributed by atoms with van der Waals surface area (Å²) in [5, 5.41) is 18.3. The topological polar surface area (TPSA) is 150 Å². The third kappa shape index (κ3) is 5.74. The van der Waals surface area contributed by atoms with Gasteiger partial charge in [-0.1, -0.05) is 0 Å². The lowest BCUT2D eigenvalue weighted by atomic mass is 9.98. The number of halogens is 5. The Morgan fingerprint density at radius 1 is 1.23 bits per heavy atom. The number of pyridine rings is 1. The SMILES string of the molecule is N#Cc1cc(C(=O)O)c(C(F)F)nc1N1CC(C(=O)NS(=O)(=O)c2ccc(OC(F)(F)F)cc2)C1. The first-order valence-electron chi connectivity index (χ1n) is 9.35. The van der Waals surface area contributed by atoms with Crippen LogP contribution in [0, 0.1) is 17.2 Å². The van der Waals surface area contributed by atoms with E-state index in [-0.39, 0.29) is 24.5 Å². The molecule has 1 amide bonds. The van der Waals surface area contributed by atoms with Crippen LogP contribution in [0.25, 0.3) is 0 Å². The number of sulfonamides is 1. The van der Waals surface area contributed by atoms with Crippen LogP contribution in [0.4, 0.5) is 27.8 Å². The number of hydrogen-bond acceptors (Lipinski definition) is 8. The van der Waals surface area contributed by atoms with Crippen LogP contribution < -0.4 is 14.4 Å². The molecule has 0 radical (unpaired) electrons. The molecule has 0 spiro atoms. The highest BCUT2D eigenvalue weighted by atomic mass is 32.2. The van der Waals surface area contributed by atoms with E-state index in [9.17, 15) is 45.2 Å². The van der Waals surface area contributed by atoms with Crippen LogP contribution in [-0.4, -0.2) is 49.8 Å². The van der Waals surface area contributed by atoms with Crippen LogP contribution in [0.1, 0.15) is 28.0 Å². The summed E-state index contributed by atoms with van der Waals surface area (Å²) in [6.45, 7) is -0.451. The van der Waals surface area contributed by atoms with Crippen molar-refractivity contribution in [3.05, 3.63) is 47.2 Å². The first-order valence-corrected chi connectivity index (χ1v) is 10.8. The van der Waals surface area contributed by atoms with E-state index in [0.717, 1.165) is 30.3 Å². The standard InChI is InChI=1S/C19H13F5N4O6S/c20-15(21)14-13(18(30)31)5-9(6-25)16(26-14)28-7-10(8-28)17(29)27-35(32,33)12-3-1-11(2-4-12)34-19(22,23)24/h1-5,10,15H,7-8H2,(H,27,29)(H,30,31). The predicted octanol–water partition coefficient (Wildman–Crippen LogP) is 2.43. The molecule has 186 valence electrons. The summed E-state index contributed by atoms with van der Waals surface area (Å²) in [6, 6.07) is 5.45. The van der Waals surface area contributed by atoms with Crippen molar-refractivity contribution >= 4 is 27.7 Å². The largest absolute Gasteiger partial charge is 0.573 e. The maximum atomic E-state index is 13.2. The number of nitrogens with zero attached hydrogens (tertiary/aromatic N) is 3. The van der Waals surface area contributed by atoms with Gasteiger partial charge in [-0.05, 0) is 30.3 Å². The minimum Gasteiger partial charge on any atom is -0.478 e. The van der Waals surface area contributed by atoms with Crippen LogP contribution in [-0.2, 0) is 14.8 Å². The van der Waals surface area contributed by atoms with Crippen LogP contribution in [0.5, 0.6) is 5.75 Å². The maximum Gasteiger partial charge on any atom is 0.573 e. The van der Waals surface area contributed by atoms with Crippen molar-refractivity contribution in [3.8, 4) is 11.8 Å². The predicted molar refractivity (Wildman–Crippen MR) is 105 cm³/mol. The summed E-state index contributed by atoms with van der Waals surface area (Å²) in [4.78, 5) is 27.8. The Bertz CT molecular complexity index is 1300. The summed E-state index contributed by atoms with van der Waals surface area (Å²) >= 11 is 0. The molecule has 1 fully saturated rings. The van der Waals surface area contributed by atoms with Crippen LogP contribution in [0.15, 0.2) is 35.2 Å². The Morgan fingerprint density at radius 2 is 1.83 bits per heavy atom. The minimum atomic E-state index is -4.98. The number of hydrogen-bond donors (Lipinski definition) is 2. The smallest absolute Gasteiger partial charge is 0.478 e. The average molecular weight is 520 g/mol. The van der Waals surface area contributed by atoms with Crippen LogP contribution in [0.2, 0.25) is 0 Å². The van der Waals surface area contributed by atoms with Gasteiger partial charge in [0.1, 0.15) is 23.3 Å². The number of carboxylic acids is 1. The van der Waals surface area contributed by atoms with E-state index in [0.29, 0.717) is 0 Å². The average Bonchev–Trinajstić information content (AvgIpc) is 2.70. The normalized spacial score (nSPS) is 14.3. The molecule has 2 aromatic rings. The van der Waals surface area contributed by atoms with Crippen molar-refractivity contribution in [2.24, 2.45) is 5.92 Å². The summed E-state index contributed by atoms with van der Waals surface area (Å²) in [7, 11) is -4.46. The number of amides is 1. The molecule has 1 aromatic heterocycles. The van der Waals surface area contributed by atoms with Crippen molar-refractivity contribution in [1.29, 1.82) is 5.26 Å². The van der Waals surface area contributed by atoms with E-state index >= 15 is 0 Å². The monoisotopic (exact) mass is 520 g/mol. The number of rotatable bonds is 7. The molecule has 16 heteroatoms. The number of carboxylic acid groups (broad SMARTS) is 1. The molecule has 1 aromatic carbocycles. The molecule has 0 atom stereocenters.